The van der Waals surface area contributed by atoms with E-state index in [0.717, 1.165) is 19.3 Å². The zero-order valence-corrected chi connectivity index (χ0v) is 9.87. The van der Waals surface area contributed by atoms with Crippen LogP contribution in [0.3, 0.4) is 0 Å². The zero-order valence-electron chi connectivity index (χ0n) is 9.87. The summed E-state index contributed by atoms with van der Waals surface area (Å²) in [7, 11) is 0. The standard InChI is InChI=1S/C11H21N3O2/c1-9(12)5-6-13-10(15)8-14-7-3-2-4-11(14)16/h9H,2-8,12H2,1H3,(H,13,15). The van der Waals surface area contributed by atoms with Crippen LogP contribution in [-0.4, -0.2) is 42.4 Å². The van der Waals surface area contributed by atoms with Crippen LogP contribution in [0, 0.1) is 0 Å². The normalized spacial score (nSPS) is 18.4. The van der Waals surface area contributed by atoms with Gasteiger partial charge < -0.3 is 16.0 Å². The first kappa shape index (κ1) is 13.0. The molecule has 1 unspecified atom stereocenters. The van der Waals surface area contributed by atoms with E-state index in [1.165, 1.54) is 0 Å². The van der Waals surface area contributed by atoms with Crippen molar-refractivity contribution in [2.45, 2.75) is 38.6 Å². The van der Waals surface area contributed by atoms with Gasteiger partial charge in [-0.1, -0.05) is 0 Å². The van der Waals surface area contributed by atoms with E-state index < -0.39 is 0 Å². The Labute approximate surface area is 96.4 Å². The summed E-state index contributed by atoms with van der Waals surface area (Å²) in [4.78, 5) is 24.6. The van der Waals surface area contributed by atoms with E-state index in [1.807, 2.05) is 6.92 Å². The Kier molecular flexibility index (Phi) is 5.25. The molecule has 5 nitrogen and oxygen atoms in total. The molecule has 1 atom stereocenters. The van der Waals surface area contributed by atoms with Gasteiger partial charge >= 0.3 is 0 Å². The molecule has 5 heteroatoms. The van der Waals surface area contributed by atoms with Crippen LogP contribution in [-0.2, 0) is 9.59 Å². The van der Waals surface area contributed by atoms with Crippen molar-refractivity contribution in [3.05, 3.63) is 0 Å². The molecule has 1 saturated heterocycles. The average Bonchev–Trinajstić information content (AvgIpc) is 2.21. The number of rotatable bonds is 5. The Morgan fingerprint density at radius 1 is 1.56 bits per heavy atom. The van der Waals surface area contributed by atoms with Crippen molar-refractivity contribution in [2.24, 2.45) is 5.73 Å². The lowest BCUT2D eigenvalue weighted by Gasteiger charge is -2.26. The zero-order chi connectivity index (χ0) is 12.0. The molecule has 1 fully saturated rings. The molecule has 0 radical (unpaired) electrons. The summed E-state index contributed by atoms with van der Waals surface area (Å²) in [5, 5.41) is 2.77. The minimum Gasteiger partial charge on any atom is -0.355 e. The molecule has 1 rings (SSSR count). The third-order valence-electron chi connectivity index (χ3n) is 2.68. The highest BCUT2D eigenvalue weighted by Crippen LogP contribution is 2.09. The first-order chi connectivity index (χ1) is 7.59. The van der Waals surface area contributed by atoms with Crippen molar-refractivity contribution in [1.82, 2.24) is 10.2 Å². The van der Waals surface area contributed by atoms with E-state index in [-0.39, 0.29) is 24.4 Å². The predicted octanol–water partition coefficient (Wildman–Crippen LogP) is -0.148. The number of nitrogens with one attached hydrogen (secondary N) is 1. The first-order valence-corrected chi connectivity index (χ1v) is 5.89. The quantitative estimate of drug-likeness (QED) is 0.686. The van der Waals surface area contributed by atoms with Gasteiger partial charge in [-0.05, 0) is 26.2 Å². The van der Waals surface area contributed by atoms with Crippen LogP contribution in [0.1, 0.15) is 32.6 Å². The Balaban J connectivity index is 2.20. The minimum atomic E-state index is -0.0871. The predicted molar refractivity (Wildman–Crippen MR) is 61.7 cm³/mol. The fourth-order valence-corrected chi connectivity index (χ4v) is 1.70. The summed E-state index contributed by atoms with van der Waals surface area (Å²) in [6, 6.07) is 0.0944. The average molecular weight is 227 g/mol. The summed E-state index contributed by atoms with van der Waals surface area (Å²) in [6.45, 7) is 3.39. The van der Waals surface area contributed by atoms with Crippen LogP contribution in [0.15, 0.2) is 0 Å². The molecule has 1 aliphatic heterocycles. The van der Waals surface area contributed by atoms with Gasteiger partial charge in [-0.2, -0.15) is 0 Å². The Bertz CT molecular complexity index is 254. The molecule has 92 valence electrons. The molecule has 1 heterocycles. The van der Waals surface area contributed by atoms with Crippen molar-refractivity contribution < 1.29 is 9.59 Å². The third kappa shape index (κ3) is 4.61. The second kappa shape index (κ2) is 6.48. The highest BCUT2D eigenvalue weighted by molar-refractivity contribution is 5.85. The topological polar surface area (TPSA) is 75.4 Å². The Hall–Kier alpha value is -1.10. The number of likely N-dealkylation sites (tertiary alicyclic amines) is 1. The molecule has 0 saturated carbocycles. The van der Waals surface area contributed by atoms with Crippen LogP contribution in [0.2, 0.25) is 0 Å². The summed E-state index contributed by atoms with van der Waals surface area (Å²) in [5.74, 6) is 0.00416. The maximum Gasteiger partial charge on any atom is 0.239 e. The van der Waals surface area contributed by atoms with Gasteiger partial charge in [-0.25, -0.2) is 0 Å². The van der Waals surface area contributed by atoms with Crippen LogP contribution in [0.4, 0.5) is 0 Å². The number of carbonyl (C=O) groups is 2. The van der Waals surface area contributed by atoms with E-state index in [9.17, 15) is 9.59 Å². The molecule has 2 amide bonds. The first-order valence-electron chi connectivity index (χ1n) is 5.89. The van der Waals surface area contributed by atoms with Crippen molar-refractivity contribution in [2.75, 3.05) is 19.6 Å². The van der Waals surface area contributed by atoms with E-state index in [2.05, 4.69) is 5.32 Å². The fraction of sp³-hybridized carbons (Fsp3) is 0.818. The van der Waals surface area contributed by atoms with E-state index in [1.54, 1.807) is 4.90 Å². The number of amides is 2. The molecule has 0 aromatic carbocycles. The van der Waals surface area contributed by atoms with Gasteiger partial charge in [0.15, 0.2) is 0 Å². The summed E-state index contributed by atoms with van der Waals surface area (Å²) in [6.07, 6.45) is 3.29. The number of hydrogen-bond acceptors (Lipinski definition) is 3. The van der Waals surface area contributed by atoms with Crippen molar-refractivity contribution in [3.8, 4) is 0 Å². The molecule has 16 heavy (non-hydrogen) atoms. The number of nitrogens with zero attached hydrogens (tertiary/aromatic N) is 1. The second-order valence-corrected chi connectivity index (χ2v) is 4.39. The SMILES string of the molecule is CC(N)CCNC(=O)CN1CCCCC1=O. The molecule has 1 aliphatic rings. The largest absolute Gasteiger partial charge is 0.355 e. The third-order valence-corrected chi connectivity index (χ3v) is 2.68. The summed E-state index contributed by atoms with van der Waals surface area (Å²) < 4.78 is 0. The number of nitrogens with two attached hydrogens (primary N) is 1. The van der Waals surface area contributed by atoms with Crippen molar-refractivity contribution in [1.29, 1.82) is 0 Å². The molecule has 0 aliphatic carbocycles. The minimum absolute atomic E-state index is 0.0871. The Morgan fingerprint density at radius 3 is 2.94 bits per heavy atom. The van der Waals surface area contributed by atoms with Crippen LogP contribution >= 0.6 is 0 Å². The van der Waals surface area contributed by atoms with Crippen LogP contribution in [0.5, 0.6) is 0 Å². The van der Waals surface area contributed by atoms with Gasteiger partial charge in [0, 0.05) is 25.6 Å². The monoisotopic (exact) mass is 227 g/mol. The maximum absolute atomic E-state index is 11.5. The van der Waals surface area contributed by atoms with E-state index >= 15 is 0 Å². The number of carbonyl (C=O) groups excluding carboxylic acids is 2. The smallest absolute Gasteiger partial charge is 0.239 e. The van der Waals surface area contributed by atoms with E-state index in [0.29, 0.717) is 19.5 Å². The lowest BCUT2D eigenvalue weighted by molar-refractivity contribution is -0.137. The van der Waals surface area contributed by atoms with Gasteiger partial charge in [-0.3, -0.25) is 9.59 Å². The highest BCUT2D eigenvalue weighted by atomic mass is 16.2. The second-order valence-electron chi connectivity index (χ2n) is 4.39. The molecule has 0 spiro atoms. The Morgan fingerprint density at radius 2 is 2.31 bits per heavy atom. The molecule has 0 aromatic heterocycles. The van der Waals surface area contributed by atoms with Crippen LogP contribution in [0.25, 0.3) is 0 Å². The van der Waals surface area contributed by atoms with Crippen molar-refractivity contribution >= 4 is 11.8 Å². The lowest BCUT2D eigenvalue weighted by Crippen LogP contribution is -2.43. The fourth-order valence-electron chi connectivity index (χ4n) is 1.70. The van der Waals surface area contributed by atoms with E-state index in [4.69, 9.17) is 5.73 Å². The number of piperidine rings is 1. The van der Waals surface area contributed by atoms with Crippen molar-refractivity contribution in [3.63, 3.8) is 0 Å². The molecular formula is C11H21N3O2. The van der Waals surface area contributed by atoms with Gasteiger partial charge in [-0.15, -0.1) is 0 Å². The summed E-state index contributed by atoms with van der Waals surface area (Å²) in [5.41, 5.74) is 5.57. The lowest BCUT2D eigenvalue weighted by atomic mass is 10.1. The van der Waals surface area contributed by atoms with Gasteiger partial charge in [0.2, 0.25) is 11.8 Å². The summed E-state index contributed by atoms with van der Waals surface area (Å²) >= 11 is 0. The van der Waals surface area contributed by atoms with Gasteiger partial charge in [0.25, 0.3) is 0 Å². The molecule has 0 bridgehead atoms. The maximum atomic E-state index is 11.5. The highest BCUT2D eigenvalue weighted by Gasteiger charge is 2.19. The number of hydrogen-bond donors (Lipinski definition) is 2. The molecule has 0 aromatic rings. The van der Waals surface area contributed by atoms with Crippen LogP contribution < -0.4 is 11.1 Å². The van der Waals surface area contributed by atoms with Gasteiger partial charge in [0.05, 0.1) is 6.54 Å². The molecule has 3 N–H and O–H groups in total. The van der Waals surface area contributed by atoms with Gasteiger partial charge in [0.1, 0.15) is 0 Å². The molecular weight excluding hydrogens is 206 g/mol.